The molecule has 0 aromatic heterocycles. The zero-order valence-corrected chi connectivity index (χ0v) is 18.0. The second-order valence-electron chi connectivity index (χ2n) is 7.74. The van der Waals surface area contributed by atoms with Gasteiger partial charge in [0.2, 0.25) is 0 Å². The molecule has 4 heteroatoms. The molecule has 3 aromatic carbocycles. The average molecular weight is 418 g/mol. The summed E-state index contributed by atoms with van der Waals surface area (Å²) in [6, 6.07) is 33.0. The number of carbonyl (C=O) groups is 1. The van der Waals surface area contributed by atoms with Crippen LogP contribution < -0.4 is 15.9 Å². The van der Waals surface area contributed by atoms with Crippen molar-refractivity contribution in [3.05, 3.63) is 103 Å². The SMILES string of the molecule is O=C1CC2SCC(C[PH](c3ccccc3)(c3ccccc3)c3ccccc3)=CN12. The second-order valence-corrected chi connectivity index (χ2v) is 12.8. The van der Waals surface area contributed by atoms with Gasteiger partial charge in [-0.15, -0.1) is 0 Å². The Bertz CT molecular complexity index is 940. The van der Waals surface area contributed by atoms with Crippen molar-refractivity contribution in [3.63, 3.8) is 0 Å². The first-order valence-corrected chi connectivity index (χ1v) is 13.3. The molecule has 2 nitrogen and oxygen atoms in total. The predicted molar refractivity (Wildman–Crippen MR) is 127 cm³/mol. The Morgan fingerprint density at radius 3 is 1.72 bits per heavy atom. The summed E-state index contributed by atoms with van der Waals surface area (Å²) in [6.07, 6.45) is 3.84. The van der Waals surface area contributed by atoms with E-state index in [1.807, 2.05) is 16.7 Å². The molecule has 1 amide bonds. The number of thioether (sulfide) groups is 1. The van der Waals surface area contributed by atoms with E-state index in [0.29, 0.717) is 11.8 Å². The summed E-state index contributed by atoms with van der Waals surface area (Å²) in [6.45, 7) is 0. The van der Waals surface area contributed by atoms with E-state index in [1.165, 1.54) is 21.5 Å². The molecule has 2 aliphatic rings. The van der Waals surface area contributed by atoms with E-state index in [9.17, 15) is 4.79 Å². The molecule has 0 bridgehead atoms. The molecule has 1 fully saturated rings. The van der Waals surface area contributed by atoms with Crippen LogP contribution in [0.5, 0.6) is 0 Å². The van der Waals surface area contributed by atoms with Crippen LogP contribution in [0.15, 0.2) is 103 Å². The molecule has 146 valence electrons. The third kappa shape index (κ3) is 3.33. The normalized spacial score (nSPS) is 19.2. The molecule has 0 spiro atoms. The first-order chi connectivity index (χ1) is 14.3. The van der Waals surface area contributed by atoms with Crippen LogP contribution in [0.1, 0.15) is 6.42 Å². The van der Waals surface area contributed by atoms with Gasteiger partial charge in [0.25, 0.3) is 0 Å². The van der Waals surface area contributed by atoms with Crippen molar-refractivity contribution < 1.29 is 4.79 Å². The van der Waals surface area contributed by atoms with E-state index >= 15 is 0 Å². The first-order valence-electron chi connectivity index (χ1n) is 10.1. The maximum atomic E-state index is 12.1. The Hall–Kier alpha value is -2.35. The van der Waals surface area contributed by atoms with Crippen LogP contribution in [0.25, 0.3) is 0 Å². The summed E-state index contributed by atoms with van der Waals surface area (Å²) in [5.74, 6) is 1.27. The number of fused-ring (bicyclic) bond motifs is 1. The summed E-state index contributed by atoms with van der Waals surface area (Å²) >= 11 is 1.91. The van der Waals surface area contributed by atoms with E-state index in [-0.39, 0.29) is 5.91 Å². The summed E-state index contributed by atoms with van der Waals surface area (Å²) in [4.78, 5) is 14.0. The first kappa shape index (κ1) is 18.7. The predicted octanol–water partition coefficient (Wildman–Crippen LogP) is 3.90. The van der Waals surface area contributed by atoms with Crippen LogP contribution in [-0.4, -0.2) is 28.1 Å². The van der Waals surface area contributed by atoms with Crippen molar-refractivity contribution in [2.45, 2.75) is 11.8 Å². The van der Waals surface area contributed by atoms with Gasteiger partial charge in [0, 0.05) is 0 Å². The number of amides is 1. The molecule has 2 aliphatic heterocycles. The molecule has 0 aliphatic carbocycles. The fourth-order valence-corrected chi connectivity index (χ4v) is 10.7. The van der Waals surface area contributed by atoms with Gasteiger partial charge in [0.1, 0.15) is 0 Å². The molecule has 5 rings (SSSR count). The molecule has 0 N–H and O–H groups in total. The fourth-order valence-electron chi connectivity index (χ4n) is 4.54. The number of carbonyl (C=O) groups excluding carboxylic acids is 1. The fraction of sp³-hybridized carbons (Fsp3) is 0.160. The standard InChI is InChI=1S/C25H24NOPS/c27-24-16-25-26(24)17-20(19-29-25)18-28(21-10-4-1-5-11-21,22-12-6-2-7-13-22)23-14-8-3-9-15-23/h1-15,17,25,28H,16,18-19H2. The van der Waals surface area contributed by atoms with Gasteiger partial charge in [0.15, 0.2) is 0 Å². The van der Waals surface area contributed by atoms with Crippen LogP contribution >= 0.6 is 19.0 Å². The van der Waals surface area contributed by atoms with Gasteiger partial charge in [-0.1, -0.05) is 0 Å². The number of β-lactam (4-membered cyclic amide) rings is 1. The summed E-state index contributed by atoms with van der Waals surface area (Å²) < 4.78 is 0. The molecule has 0 radical (unpaired) electrons. The van der Waals surface area contributed by atoms with Gasteiger partial charge in [0.05, 0.1) is 0 Å². The van der Waals surface area contributed by atoms with Gasteiger partial charge >= 0.3 is 177 Å². The van der Waals surface area contributed by atoms with Gasteiger partial charge in [-0.05, 0) is 0 Å². The molecular weight excluding hydrogens is 393 g/mol. The van der Waals surface area contributed by atoms with Crippen LogP contribution in [0.4, 0.5) is 0 Å². The van der Waals surface area contributed by atoms with E-state index in [0.717, 1.165) is 11.9 Å². The molecule has 1 saturated heterocycles. The summed E-state index contributed by atoms with van der Waals surface area (Å²) in [7, 11) is -2.28. The number of benzene rings is 3. The van der Waals surface area contributed by atoms with Gasteiger partial charge in [-0.25, -0.2) is 0 Å². The molecule has 1 atom stereocenters. The second kappa shape index (κ2) is 7.82. The molecule has 0 saturated carbocycles. The molecule has 1 unspecified atom stereocenters. The zero-order valence-electron chi connectivity index (χ0n) is 16.2. The molecule has 29 heavy (non-hydrogen) atoms. The minimum atomic E-state index is -2.28. The quantitative estimate of drug-likeness (QED) is 0.464. The van der Waals surface area contributed by atoms with E-state index < -0.39 is 7.26 Å². The van der Waals surface area contributed by atoms with Crippen molar-refractivity contribution in [2.75, 3.05) is 11.9 Å². The molecular formula is C25H24NOPS. The average Bonchev–Trinajstić information content (AvgIpc) is 2.79. The minimum absolute atomic E-state index is 0.256. The van der Waals surface area contributed by atoms with Crippen molar-refractivity contribution in [1.82, 2.24) is 4.90 Å². The molecule has 2 heterocycles. The Morgan fingerprint density at radius 2 is 1.28 bits per heavy atom. The Labute approximate surface area is 177 Å². The number of rotatable bonds is 5. The topological polar surface area (TPSA) is 20.3 Å². The Balaban J connectivity index is 1.69. The van der Waals surface area contributed by atoms with E-state index in [4.69, 9.17) is 0 Å². The number of hydrogen-bond donors (Lipinski definition) is 0. The Kier molecular flexibility index (Phi) is 5.03. The summed E-state index contributed by atoms with van der Waals surface area (Å²) in [5.41, 5.74) is 1.38. The monoisotopic (exact) mass is 417 g/mol. The third-order valence-electron chi connectivity index (χ3n) is 6.02. The maximum absolute atomic E-state index is 12.1. The zero-order chi connectivity index (χ0) is 19.7. The van der Waals surface area contributed by atoms with Crippen LogP contribution in [0.3, 0.4) is 0 Å². The third-order valence-corrected chi connectivity index (χ3v) is 12.3. The number of nitrogens with zero attached hydrogens (tertiary/aromatic N) is 1. The van der Waals surface area contributed by atoms with Gasteiger partial charge in [-0.2, -0.15) is 0 Å². The van der Waals surface area contributed by atoms with Crippen LogP contribution in [-0.2, 0) is 4.79 Å². The van der Waals surface area contributed by atoms with E-state index in [1.54, 1.807) is 0 Å². The van der Waals surface area contributed by atoms with Crippen molar-refractivity contribution in [1.29, 1.82) is 0 Å². The van der Waals surface area contributed by atoms with Crippen molar-refractivity contribution >= 4 is 40.8 Å². The Morgan fingerprint density at radius 1 is 0.793 bits per heavy atom. The van der Waals surface area contributed by atoms with Crippen LogP contribution in [0, 0.1) is 0 Å². The van der Waals surface area contributed by atoms with Crippen LogP contribution in [0.2, 0.25) is 0 Å². The number of hydrogen-bond acceptors (Lipinski definition) is 2. The van der Waals surface area contributed by atoms with Gasteiger partial charge < -0.3 is 0 Å². The van der Waals surface area contributed by atoms with E-state index in [2.05, 4.69) is 97.2 Å². The van der Waals surface area contributed by atoms with Gasteiger partial charge in [-0.3, -0.25) is 0 Å². The summed E-state index contributed by atoms with van der Waals surface area (Å²) in [5, 5.41) is 4.61. The molecule has 3 aromatic rings. The van der Waals surface area contributed by atoms with Crippen molar-refractivity contribution in [2.24, 2.45) is 0 Å². The van der Waals surface area contributed by atoms with Crippen molar-refractivity contribution in [3.8, 4) is 0 Å².